The van der Waals surface area contributed by atoms with Gasteiger partial charge in [0.15, 0.2) is 11.0 Å². The lowest BCUT2D eigenvalue weighted by Gasteiger charge is -2.17. The number of amides is 1. The molecule has 0 saturated heterocycles. The molecule has 11 heteroatoms. The van der Waals surface area contributed by atoms with Crippen LogP contribution in [0.5, 0.6) is 5.75 Å². The molecule has 0 fully saturated rings. The fourth-order valence-corrected chi connectivity index (χ4v) is 5.08. The lowest BCUT2D eigenvalue weighted by Crippen LogP contribution is -2.23. The van der Waals surface area contributed by atoms with Crippen molar-refractivity contribution >= 4 is 17.7 Å². The summed E-state index contributed by atoms with van der Waals surface area (Å²) in [5.41, 5.74) is 1.89. The number of nitrogens with zero attached hydrogens (tertiary/aromatic N) is 3. The van der Waals surface area contributed by atoms with Crippen LogP contribution in [-0.2, 0) is 23.2 Å². The van der Waals surface area contributed by atoms with Gasteiger partial charge in [0.05, 0.1) is 25.3 Å². The van der Waals surface area contributed by atoms with Gasteiger partial charge in [0, 0.05) is 30.5 Å². The number of carbonyl (C=O) groups is 1. The summed E-state index contributed by atoms with van der Waals surface area (Å²) in [4.78, 5) is 12.6. The van der Waals surface area contributed by atoms with E-state index in [1.165, 1.54) is 17.8 Å². The highest BCUT2D eigenvalue weighted by molar-refractivity contribution is 7.98. The summed E-state index contributed by atoms with van der Waals surface area (Å²) >= 11 is 1.51. The van der Waals surface area contributed by atoms with Gasteiger partial charge in [-0.05, 0) is 54.4 Å². The van der Waals surface area contributed by atoms with Crippen LogP contribution in [0.15, 0.2) is 78.0 Å². The standard InChI is InChI=1S/C29H29F3N4O3S/c1-19(17-38-2)36-26(23-7-5-9-25(15-23)39-3)34-35-28(36)40-18-20-10-12-22(13-11-20)27(37)33-16-21-6-4-8-24(14-21)29(30,31)32/h4-15,19H,16-18H2,1-3H3,(H,33,37)/t19-/m1/s1. The van der Waals surface area contributed by atoms with Crippen molar-refractivity contribution in [2.45, 2.75) is 36.6 Å². The van der Waals surface area contributed by atoms with Crippen molar-refractivity contribution in [2.75, 3.05) is 20.8 Å². The number of thioether (sulfide) groups is 1. The maximum Gasteiger partial charge on any atom is 0.416 e. The summed E-state index contributed by atoms with van der Waals surface area (Å²) < 4.78 is 51.6. The molecule has 1 aromatic heterocycles. The molecule has 1 N–H and O–H groups in total. The number of benzene rings is 3. The second-order valence-corrected chi connectivity index (χ2v) is 10.0. The van der Waals surface area contributed by atoms with Gasteiger partial charge < -0.3 is 14.8 Å². The van der Waals surface area contributed by atoms with Crippen LogP contribution in [0.2, 0.25) is 0 Å². The second kappa shape index (κ2) is 13.0. The first-order valence-electron chi connectivity index (χ1n) is 12.4. The predicted octanol–water partition coefficient (Wildman–Crippen LogP) is 6.40. The predicted molar refractivity (Wildman–Crippen MR) is 147 cm³/mol. The summed E-state index contributed by atoms with van der Waals surface area (Å²) in [5, 5.41) is 12.3. The molecule has 0 saturated carbocycles. The van der Waals surface area contributed by atoms with Gasteiger partial charge in [0.1, 0.15) is 5.75 Å². The van der Waals surface area contributed by atoms with E-state index in [1.54, 1.807) is 32.4 Å². The third-order valence-electron chi connectivity index (χ3n) is 6.13. The molecule has 0 bridgehead atoms. The van der Waals surface area contributed by atoms with E-state index in [1.807, 2.05) is 47.9 Å². The molecule has 1 heterocycles. The Morgan fingerprint density at radius 2 is 1.75 bits per heavy atom. The minimum atomic E-state index is -4.43. The second-order valence-electron chi connectivity index (χ2n) is 9.08. The van der Waals surface area contributed by atoms with Gasteiger partial charge in [0.2, 0.25) is 0 Å². The van der Waals surface area contributed by atoms with Crippen molar-refractivity contribution in [3.8, 4) is 17.1 Å². The molecule has 7 nitrogen and oxygen atoms in total. The van der Waals surface area contributed by atoms with Crippen LogP contribution in [0.4, 0.5) is 13.2 Å². The topological polar surface area (TPSA) is 78.3 Å². The molecule has 1 amide bonds. The van der Waals surface area contributed by atoms with Gasteiger partial charge in [0.25, 0.3) is 5.91 Å². The zero-order valence-electron chi connectivity index (χ0n) is 22.2. The number of hydrogen-bond donors (Lipinski definition) is 1. The van der Waals surface area contributed by atoms with Crippen LogP contribution in [0.25, 0.3) is 11.4 Å². The molecule has 1 atom stereocenters. The van der Waals surface area contributed by atoms with Gasteiger partial charge in [-0.3, -0.25) is 9.36 Å². The van der Waals surface area contributed by atoms with Crippen molar-refractivity contribution in [1.82, 2.24) is 20.1 Å². The monoisotopic (exact) mass is 570 g/mol. The van der Waals surface area contributed by atoms with E-state index in [-0.39, 0.29) is 18.5 Å². The molecule has 0 spiro atoms. The molecular weight excluding hydrogens is 541 g/mol. The summed E-state index contributed by atoms with van der Waals surface area (Å²) in [6.07, 6.45) is -4.43. The Kier molecular flexibility index (Phi) is 9.49. The highest BCUT2D eigenvalue weighted by Gasteiger charge is 2.30. The summed E-state index contributed by atoms with van der Waals surface area (Å²) in [5.74, 6) is 1.65. The molecule has 0 radical (unpaired) electrons. The highest BCUT2D eigenvalue weighted by Crippen LogP contribution is 2.32. The van der Waals surface area contributed by atoms with Crippen molar-refractivity contribution < 1.29 is 27.4 Å². The molecule has 0 aliphatic rings. The quantitative estimate of drug-likeness (QED) is 0.210. The summed E-state index contributed by atoms with van der Waals surface area (Å²) in [6.45, 7) is 2.51. The zero-order chi connectivity index (χ0) is 28.7. The Morgan fingerprint density at radius 1 is 1.00 bits per heavy atom. The van der Waals surface area contributed by atoms with Crippen molar-refractivity contribution in [3.63, 3.8) is 0 Å². The molecule has 4 aromatic rings. The van der Waals surface area contributed by atoms with Gasteiger partial charge in [-0.2, -0.15) is 13.2 Å². The fraction of sp³-hybridized carbons (Fsp3) is 0.276. The lowest BCUT2D eigenvalue weighted by atomic mass is 10.1. The van der Waals surface area contributed by atoms with E-state index < -0.39 is 11.7 Å². The molecular formula is C29H29F3N4O3S. The van der Waals surface area contributed by atoms with Crippen LogP contribution >= 0.6 is 11.8 Å². The van der Waals surface area contributed by atoms with E-state index in [2.05, 4.69) is 15.5 Å². The average Bonchev–Trinajstić information content (AvgIpc) is 3.39. The van der Waals surface area contributed by atoms with Crippen molar-refractivity contribution in [2.24, 2.45) is 0 Å². The van der Waals surface area contributed by atoms with Crippen LogP contribution in [0.3, 0.4) is 0 Å². The van der Waals surface area contributed by atoms with Crippen LogP contribution < -0.4 is 10.1 Å². The van der Waals surface area contributed by atoms with E-state index in [9.17, 15) is 18.0 Å². The first-order valence-corrected chi connectivity index (χ1v) is 13.4. The number of carbonyl (C=O) groups excluding carboxylic acids is 1. The maximum absolute atomic E-state index is 12.9. The van der Waals surface area contributed by atoms with Gasteiger partial charge >= 0.3 is 6.18 Å². The van der Waals surface area contributed by atoms with E-state index >= 15 is 0 Å². The third-order valence-corrected chi connectivity index (χ3v) is 7.15. The zero-order valence-corrected chi connectivity index (χ0v) is 23.1. The SMILES string of the molecule is COC[C@@H](C)n1c(SCc2ccc(C(=O)NCc3cccc(C(F)(F)F)c3)cc2)nnc1-c1cccc(OC)c1. The van der Waals surface area contributed by atoms with E-state index in [4.69, 9.17) is 9.47 Å². The number of methoxy groups -OCH3 is 2. The normalized spacial score (nSPS) is 12.2. The first-order chi connectivity index (χ1) is 19.2. The molecule has 40 heavy (non-hydrogen) atoms. The Balaban J connectivity index is 1.42. The fourth-order valence-electron chi connectivity index (χ4n) is 4.09. The molecule has 3 aromatic carbocycles. The van der Waals surface area contributed by atoms with Crippen LogP contribution in [0, 0.1) is 0 Å². The maximum atomic E-state index is 12.9. The number of hydrogen-bond acceptors (Lipinski definition) is 6. The highest BCUT2D eigenvalue weighted by atomic mass is 32.2. The number of rotatable bonds is 11. The Bertz CT molecular complexity index is 1440. The van der Waals surface area contributed by atoms with Gasteiger partial charge in [-0.25, -0.2) is 0 Å². The molecule has 4 rings (SSSR count). The number of ether oxygens (including phenoxy) is 2. The van der Waals surface area contributed by atoms with E-state index in [0.717, 1.165) is 34.2 Å². The number of nitrogens with one attached hydrogen (secondary N) is 1. The Morgan fingerprint density at radius 3 is 2.45 bits per heavy atom. The number of alkyl halides is 3. The molecule has 0 unspecified atom stereocenters. The van der Waals surface area contributed by atoms with Crippen LogP contribution in [-0.4, -0.2) is 41.5 Å². The number of aromatic nitrogens is 3. The molecule has 0 aliphatic carbocycles. The molecule has 0 aliphatic heterocycles. The Labute approximate surface area is 234 Å². The summed E-state index contributed by atoms with van der Waals surface area (Å²) in [6, 6.07) is 19.6. The first kappa shape index (κ1) is 29.2. The summed E-state index contributed by atoms with van der Waals surface area (Å²) in [7, 11) is 3.26. The van der Waals surface area contributed by atoms with Gasteiger partial charge in [-0.1, -0.05) is 48.2 Å². The van der Waals surface area contributed by atoms with Crippen molar-refractivity contribution in [3.05, 3.63) is 95.1 Å². The average molecular weight is 571 g/mol. The van der Waals surface area contributed by atoms with E-state index in [0.29, 0.717) is 29.3 Å². The van der Waals surface area contributed by atoms with Gasteiger partial charge in [-0.15, -0.1) is 10.2 Å². The largest absolute Gasteiger partial charge is 0.497 e. The smallest absolute Gasteiger partial charge is 0.416 e. The minimum Gasteiger partial charge on any atom is -0.497 e. The lowest BCUT2D eigenvalue weighted by molar-refractivity contribution is -0.137. The third kappa shape index (κ3) is 7.22. The van der Waals surface area contributed by atoms with Crippen molar-refractivity contribution in [1.29, 1.82) is 0 Å². The Hall–Kier alpha value is -3.83. The molecule has 210 valence electrons. The number of halogens is 3. The minimum absolute atomic E-state index is 0.00863. The van der Waals surface area contributed by atoms with Crippen LogP contribution in [0.1, 0.15) is 40.0 Å².